The molecule has 1 aromatic carbocycles. The second-order valence-corrected chi connectivity index (χ2v) is 6.50. The second-order valence-electron chi connectivity index (χ2n) is 6.50. The van der Waals surface area contributed by atoms with Gasteiger partial charge in [0.25, 0.3) is 5.91 Å². The van der Waals surface area contributed by atoms with Crippen LogP contribution >= 0.6 is 0 Å². The molecule has 2 aromatic rings. The Labute approximate surface area is 142 Å². The van der Waals surface area contributed by atoms with Gasteiger partial charge in [-0.15, -0.1) is 0 Å². The molecule has 24 heavy (non-hydrogen) atoms. The van der Waals surface area contributed by atoms with E-state index in [4.69, 9.17) is 0 Å². The summed E-state index contributed by atoms with van der Waals surface area (Å²) in [4.78, 5) is 20.9. The number of amides is 1. The molecular weight excluding hydrogens is 300 g/mol. The Balaban J connectivity index is 1.65. The fraction of sp³-hybridized carbons (Fsp3) is 0.421. The van der Waals surface area contributed by atoms with Crippen molar-refractivity contribution in [3.05, 3.63) is 47.3 Å². The maximum absolute atomic E-state index is 12.3. The first kappa shape index (κ1) is 16.4. The number of benzene rings is 1. The first-order valence-electron chi connectivity index (χ1n) is 8.59. The molecule has 0 unspecified atom stereocenters. The molecule has 5 heteroatoms. The molecule has 1 fully saturated rings. The molecule has 0 aliphatic heterocycles. The van der Waals surface area contributed by atoms with Crippen LogP contribution in [0.25, 0.3) is 0 Å². The largest absolute Gasteiger partial charge is 0.349 e. The maximum Gasteiger partial charge on any atom is 0.254 e. The Kier molecular flexibility index (Phi) is 5.08. The van der Waals surface area contributed by atoms with Gasteiger partial charge in [-0.2, -0.15) is 0 Å². The van der Waals surface area contributed by atoms with Gasteiger partial charge in [-0.25, -0.2) is 9.97 Å². The number of nitrogens with one attached hydrogen (secondary N) is 2. The molecule has 0 saturated heterocycles. The van der Waals surface area contributed by atoms with Gasteiger partial charge in [0.2, 0.25) is 5.95 Å². The molecule has 1 aliphatic rings. The van der Waals surface area contributed by atoms with Crippen molar-refractivity contribution in [2.24, 2.45) is 0 Å². The van der Waals surface area contributed by atoms with Crippen LogP contribution in [0.15, 0.2) is 30.6 Å². The highest BCUT2D eigenvalue weighted by Crippen LogP contribution is 2.22. The topological polar surface area (TPSA) is 66.9 Å². The molecule has 126 valence electrons. The van der Waals surface area contributed by atoms with E-state index < -0.39 is 0 Å². The first-order valence-corrected chi connectivity index (χ1v) is 8.59. The lowest BCUT2D eigenvalue weighted by Gasteiger charge is -2.22. The van der Waals surface area contributed by atoms with Crippen molar-refractivity contribution in [3.63, 3.8) is 0 Å². The lowest BCUT2D eigenvalue weighted by Crippen LogP contribution is -2.36. The van der Waals surface area contributed by atoms with Crippen LogP contribution in [0.5, 0.6) is 0 Å². The van der Waals surface area contributed by atoms with E-state index in [1.807, 2.05) is 32.0 Å². The highest BCUT2D eigenvalue weighted by atomic mass is 16.1. The quantitative estimate of drug-likeness (QED) is 0.895. The van der Waals surface area contributed by atoms with Crippen LogP contribution in [-0.4, -0.2) is 21.9 Å². The number of para-hydroxylation sites is 1. The minimum Gasteiger partial charge on any atom is -0.349 e. The number of carbonyl (C=O) groups excluding carboxylic acids is 1. The van der Waals surface area contributed by atoms with Crippen molar-refractivity contribution >= 4 is 17.5 Å². The molecule has 1 heterocycles. The average molecular weight is 324 g/mol. The number of hydrogen-bond donors (Lipinski definition) is 2. The molecule has 3 rings (SSSR count). The van der Waals surface area contributed by atoms with Crippen molar-refractivity contribution in [2.75, 3.05) is 5.32 Å². The maximum atomic E-state index is 12.3. The second kappa shape index (κ2) is 7.43. The van der Waals surface area contributed by atoms with Gasteiger partial charge in [-0.1, -0.05) is 37.5 Å². The third-order valence-electron chi connectivity index (χ3n) is 4.57. The lowest BCUT2D eigenvalue weighted by atomic mass is 9.95. The summed E-state index contributed by atoms with van der Waals surface area (Å²) in [6, 6.07) is 6.40. The van der Waals surface area contributed by atoms with Crippen molar-refractivity contribution < 1.29 is 4.79 Å². The van der Waals surface area contributed by atoms with Gasteiger partial charge in [0.05, 0.1) is 5.56 Å². The summed E-state index contributed by atoms with van der Waals surface area (Å²) >= 11 is 0. The van der Waals surface area contributed by atoms with Crippen molar-refractivity contribution in [2.45, 2.75) is 52.0 Å². The molecular formula is C19H24N4O. The fourth-order valence-electron chi connectivity index (χ4n) is 3.15. The summed E-state index contributed by atoms with van der Waals surface area (Å²) in [6.07, 6.45) is 8.97. The Hall–Kier alpha value is -2.43. The SMILES string of the molecule is Cc1cccc(C)c1Nc1ncc(C(=O)NC2CCCCC2)cn1. The molecule has 1 aliphatic carbocycles. The van der Waals surface area contributed by atoms with Crippen molar-refractivity contribution in [3.8, 4) is 0 Å². The Morgan fingerprint density at radius 2 is 1.67 bits per heavy atom. The van der Waals surface area contributed by atoms with Gasteiger partial charge in [-0.3, -0.25) is 4.79 Å². The average Bonchev–Trinajstić information content (AvgIpc) is 2.60. The molecule has 1 aromatic heterocycles. The lowest BCUT2D eigenvalue weighted by molar-refractivity contribution is 0.0927. The Bertz CT molecular complexity index is 686. The van der Waals surface area contributed by atoms with E-state index in [-0.39, 0.29) is 5.91 Å². The van der Waals surface area contributed by atoms with E-state index in [1.165, 1.54) is 19.3 Å². The first-order chi connectivity index (χ1) is 11.6. The van der Waals surface area contributed by atoms with Gasteiger partial charge in [0.1, 0.15) is 0 Å². The zero-order valence-corrected chi connectivity index (χ0v) is 14.3. The molecule has 5 nitrogen and oxygen atoms in total. The van der Waals surface area contributed by atoms with Crippen LogP contribution < -0.4 is 10.6 Å². The van der Waals surface area contributed by atoms with Crippen LogP contribution in [-0.2, 0) is 0 Å². The summed E-state index contributed by atoms with van der Waals surface area (Å²) in [5, 5.41) is 6.32. The molecule has 0 spiro atoms. The minimum absolute atomic E-state index is 0.0828. The van der Waals surface area contributed by atoms with Crippen LogP contribution in [0.4, 0.5) is 11.6 Å². The summed E-state index contributed by atoms with van der Waals surface area (Å²) in [5.41, 5.74) is 3.79. The van der Waals surface area contributed by atoms with Crippen LogP contribution in [0.1, 0.15) is 53.6 Å². The number of aromatic nitrogens is 2. The molecule has 1 amide bonds. The number of hydrogen-bond acceptors (Lipinski definition) is 4. The molecule has 0 atom stereocenters. The smallest absolute Gasteiger partial charge is 0.254 e. The van der Waals surface area contributed by atoms with E-state index in [0.717, 1.165) is 29.7 Å². The van der Waals surface area contributed by atoms with Gasteiger partial charge in [-0.05, 0) is 37.8 Å². The molecule has 0 radical (unpaired) electrons. The number of rotatable bonds is 4. The Morgan fingerprint density at radius 1 is 1.04 bits per heavy atom. The van der Waals surface area contributed by atoms with E-state index in [9.17, 15) is 4.79 Å². The Morgan fingerprint density at radius 3 is 2.29 bits per heavy atom. The minimum atomic E-state index is -0.0828. The third kappa shape index (κ3) is 3.91. The van der Waals surface area contributed by atoms with Crippen LogP contribution in [0.3, 0.4) is 0 Å². The van der Waals surface area contributed by atoms with E-state index in [2.05, 4.69) is 20.6 Å². The van der Waals surface area contributed by atoms with Gasteiger partial charge < -0.3 is 10.6 Å². The van der Waals surface area contributed by atoms with Crippen molar-refractivity contribution in [1.82, 2.24) is 15.3 Å². The summed E-state index contributed by atoms with van der Waals surface area (Å²) in [6.45, 7) is 4.09. The molecule has 1 saturated carbocycles. The molecule has 2 N–H and O–H groups in total. The normalized spacial score (nSPS) is 15.1. The third-order valence-corrected chi connectivity index (χ3v) is 4.57. The zero-order valence-electron chi connectivity index (χ0n) is 14.3. The van der Waals surface area contributed by atoms with Crippen LogP contribution in [0.2, 0.25) is 0 Å². The number of carbonyl (C=O) groups is 1. The van der Waals surface area contributed by atoms with E-state index >= 15 is 0 Å². The molecule has 0 bridgehead atoms. The van der Waals surface area contributed by atoms with Crippen LogP contribution in [0, 0.1) is 13.8 Å². The standard InChI is InChI=1S/C19H24N4O/c1-13-7-6-8-14(2)17(13)23-19-20-11-15(12-21-19)18(24)22-16-9-4-3-5-10-16/h6-8,11-12,16H,3-5,9-10H2,1-2H3,(H,22,24)(H,20,21,23). The highest BCUT2D eigenvalue weighted by molar-refractivity contribution is 5.93. The predicted octanol–water partition coefficient (Wildman–Crippen LogP) is 3.90. The number of nitrogens with zero attached hydrogens (tertiary/aromatic N) is 2. The highest BCUT2D eigenvalue weighted by Gasteiger charge is 2.17. The van der Waals surface area contributed by atoms with Gasteiger partial charge in [0, 0.05) is 24.1 Å². The van der Waals surface area contributed by atoms with Crippen molar-refractivity contribution in [1.29, 1.82) is 0 Å². The monoisotopic (exact) mass is 324 g/mol. The van der Waals surface area contributed by atoms with E-state index in [1.54, 1.807) is 12.4 Å². The summed E-state index contributed by atoms with van der Waals surface area (Å²) in [5.74, 6) is 0.419. The summed E-state index contributed by atoms with van der Waals surface area (Å²) in [7, 11) is 0. The van der Waals surface area contributed by atoms with Gasteiger partial charge >= 0.3 is 0 Å². The zero-order chi connectivity index (χ0) is 16.9. The summed E-state index contributed by atoms with van der Waals surface area (Å²) < 4.78 is 0. The number of aryl methyl sites for hydroxylation is 2. The fourth-order valence-corrected chi connectivity index (χ4v) is 3.15. The predicted molar refractivity (Wildman–Crippen MR) is 95.6 cm³/mol. The van der Waals surface area contributed by atoms with E-state index in [0.29, 0.717) is 17.6 Å². The van der Waals surface area contributed by atoms with Gasteiger partial charge in [0.15, 0.2) is 0 Å². The number of anilines is 2.